The molecule has 2 bridgehead atoms. The number of hydrogen-bond donors (Lipinski definition) is 1. The molecule has 104 valence electrons. The zero-order valence-electron chi connectivity index (χ0n) is 12.2. The third-order valence-electron chi connectivity index (χ3n) is 5.13. The van der Waals surface area contributed by atoms with Gasteiger partial charge in [-0.2, -0.15) is 0 Å². The third-order valence-corrected chi connectivity index (χ3v) is 5.13. The van der Waals surface area contributed by atoms with E-state index < -0.39 is 0 Å². The quantitative estimate of drug-likeness (QED) is 0.897. The molecule has 0 amide bonds. The molecule has 2 atom stereocenters. The molecule has 2 aliphatic heterocycles. The molecular formula is C17H26N2. The minimum Gasteiger partial charge on any atom is -0.316 e. The summed E-state index contributed by atoms with van der Waals surface area (Å²) in [6.07, 6.45) is 1.42. The van der Waals surface area contributed by atoms with E-state index in [1.54, 1.807) is 0 Å². The van der Waals surface area contributed by atoms with E-state index in [4.69, 9.17) is 0 Å². The largest absolute Gasteiger partial charge is 0.316 e. The van der Waals surface area contributed by atoms with Gasteiger partial charge in [0.05, 0.1) is 0 Å². The Labute approximate surface area is 117 Å². The summed E-state index contributed by atoms with van der Waals surface area (Å²) in [6, 6.07) is 10.9. The zero-order valence-corrected chi connectivity index (χ0v) is 12.2. The van der Waals surface area contributed by atoms with Crippen molar-refractivity contribution >= 4 is 0 Å². The van der Waals surface area contributed by atoms with Crippen LogP contribution in [0.1, 0.15) is 25.8 Å². The van der Waals surface area contributed by atoms with Gasteiger partial charge in [-0.15, -0.1) is 0 Å². The van der Waals surface area contributed by atoms with E-state index in [1.807, 2.05) is 0 Å². The number of rotatable bonds is 3. The Bertz CT molecular complexity index is 415. The zero-order chi connectivity index (χ0) is 13.3. The van der Waals surface area contributed by atoms with Crippen LogP contribution in [0.4, 0.5) is 0 Å². The summed E-state index contributed by atoms with van der Waals surface area (Å²) >= 11 is 0. The Kier molecular flexibility index (Phi) is 3.64. The van der Waals surface area contributed by atoms with E-state index in [9.17, 15) is 0 Å². The van der Waals surface area contributed by atoms with Crippen molar-refractivity contribution in [2.24, 2.45) is 17.3 Å². The molecule has 1 aromatic carbocycles. The summed E-state index contributed by atoms with van der Waals surface area (Å²) in [5.74, 6) is 1.61. The van der Waals surface area contributed by atoms with Gasteiger partial charge in [0, 0.05) is 26.2 Å². The fourth-order valence-electron chi connectivity index (χ4n) is 3.95. The molecule has 0 aliphatic carbocycles. The lowest BCUT2D eigenvalue weighted by Crippen LogP contribution is -2.59. The lowest BCUT2D eigenvalue weighted by Gasteiger charge is -2.52. The summed E-state index contributed by atoms with van der Waals surface area (Å²) in [4.78, 5) is 2.68. The molecule has 3 rings (SSSR count). The molecule has 0 aromatic heterocycles. The van der Waals surface area contributed by atoms with Gasteiger partial charge in [-0.1, -0.05) is 44.2 Å². The molecule has 2 unspecified atom stereocenters. The van der Waals surface area contributed by atoms with Crippen LogP contribution in [-0.4, -0.2) is 31.1 Å². The topological polar surface area (TPSA) is 15.3 Å². The Balaban J connectivity index is 1.74. The van der Waals surface area contributed by atoms with E-state index in [-0.39, 0.29) is 0 Å². The lowest BCUT2D eigenvalue weighted by atomic mass is 9.66. The first-order chi connectivity index (χ1) is 9.18. The number of benzene rings is 1. The second kappa shape index (κ2) is 5.26. The van der Waals surface area contributed by atoms with Crippen LogP contribution in [0.2, 0.25) is 0 Å². The molecule has 2 fully saturated rings. The summed E-state index contributed by atoms with van der Waals surface area (Å²) in [7, 11) is 0. The number of piperidine rings is 2. The maximum absolute atomic E-state index is 3.67. The number of likely N-dealkylation sites (tertiary alicyclic amines) is 1. The van der Waals surface area contributed by atoms with Crippen LogP contribution in [-0.2, 0) is 6.54 Å². The maximum Gasteiger partial charge on any atom is 0.0234 e. The molecule has 0 saturated carbocycles. The molecule has 1 N–H and O–H groups in total. The Morgan fingerprint density at radius 2 is 2.11 bits per heavy atom. The molecule has 19 heavy (non-hydrogen) atoms. The summed E-state index contributed by atoms with van der Waals surface area (Å²) in [5.41, 5.74) is 1.95. The standard InChI is InChI=1S/C17H26N2/c1-14(2)17-8-16(9-18-12-17)11-19(13-17)10-15-6-4-3-5-7-15/h3-7,14,16,18H,8-13H2,1-2H3. The van der Waals surface area contributed by atoms with Crippen molar-refractivity contribution in [3.05, 3.63) is 35.9 Å². The van der Waals surface area contributed by atoms with Gasteiger partial charge in [0.25, 0.3) is 0 Å². The monoisotopic (exact) mass is 258 g/mol. The second-order valence-electron chi connectivity index (χ2n) is 6.87. The lowest BCUT2D eigenvalue weighted by molar-refractivity contribution is -0.0140. The molecule has 1 aromatic rings. The molecule has 2 aliphatic rings. The predicted molar refractivity (Wildman–Crippen MR) is 80.0 cm³/mol. The highest BCUT2D eigenvalue weighted by atomic mass is 15.2. The fourth-order valence-corrected chi connectivity index (χ4v) is 3.95. The number of hydrogen-bond acceptors (Lipinski definition) is 2. The minimum atomic E-state index is 0.496. The predicted octanol–water partition coefficient (Wildman–Crippen LogP) is 2.75. The molecule has 2 saturated heterocycles. The van der Waals surface area contributed by atoms with Gasteiger partial charge in [0.1, 0.15) is 0 Å². The summed E-state index contributed by atoms with van der Waals surface area (Å²) in [6.45, 7) is 10.8. The molecule has 0 radical (unpaired) electrons. The van der Waals surface area contributed by atoms with E-state index in [0.29, 0.717) is 5.41 Å². The second-order valence-corrected chi connectivity index (χ2v) is 6.87. The van der Waals surface area contributed by atoms with Crippen molar-refractivity contribution in [2.75, 3.05) is 26.2 Å². The molecule has 2 heteroatoms. The van der Waals surface area contributed by atoms with Gasteiger partial charge in [-0.05, 0) is 35.8 Å². The van der Waals surface area contributed by atoms with E-state index >= 15 is 0 Å². The molecule has 2 nitrogen and oxygen atoms in total. The Morgan fingerprint density at radius 3 is 2.84 bits per heavy atom. The average Bonchev–Trinajstić information content (AvgIpc) is 2.39. The van der Waals surface area contributed by atoms with Crippen molar-refractivity contribution in [1.29, 1.82) is 0 Å². The number of nitrogens with one attached hydrogen (secondary N) is 1. The highest BCUT2D eigenvalue weighted by Gasteiger charge is 2.44. The molecule has 2 heterocycles. The highest BCUT2D eigenvalue weighted by molar-refractivity contribution is 5.15. The third kappa shape index (κ3) is 2.70. The van der Waals surface area contributed by atoms with E-state index in [0.717, 1.165) is 18.4 Å². The van der Waals surface area contributed by atoms with E-state index in [2.05, 4.69) is 54.4 Å². The van der Waals surface area contributed by atoms with Gasteiger partial charge in [0.2, 0.25) is 0 Å². The van der Waals surface area contributed by atoms with Gasteiger partial charge in [0.15, 0.2) is 0 Å². The summed E-state index contributed by atoms with van der Waals surface area (Å²) in [5, 5.41) is 3.67. The molecule has 0 spiro atoms. The number of nitrogens with zero attached hydrogens (tertiary/aromatic N) is 1. The van der Waals surface area contributed by atoms with Gasteiger partial charge >= 0.3 is 0 Å². The van der Waals surface area contributed by atoms with Crippen molar-refractivity contribution in [2.45, 2.75) is 26.8 Å². The first kappa shape index (κ1) is 13.1. The number of fused-ring (bicyclic) bond motifs is 2. The van der Waals surface area contributed by atoms with Crippen LogP contribution in [0.25, 0.3) is 0 Å². The van der Waals surface area contributed by atoms with Gasteiger partial charge in [-0.25, -0.2) is 0 Å². The van der Waals surface area contributed by atoms with Crippen molar-refractivity contribution in [1.82, 2.24) is 10.2 Å². The minimum absolute atomic E-state index is 0.496. The van der Waals surface area contributed by atoms with Crippen molar-refractivity contribution in [3.8, 4) is 0 Å². The highest BCUT2D eigenvalue weighted by Crippen LogP contribution is 2.41. The first-order valence-electron chi connectivity index (χ1n) is 7.65. The van der Waals surface area contributed by atoms with Crippen molar-refractivity contribution in [3.63, 3.8) is 0 Å². The van der Waals surface area contributed by atoms with Crippen LogP contribution in [0.5, 0.6) is 0 Å². The van der Waals surface area contributed by atoms with Gasteiger partial charge in [-0.3, -0.25) is 4.90 Å². The Morgan fingerprint density at radius 1 is 1.32 bits per heavy atom. The van der Waals surface area contributed by atoms with Crippen LogP contribution < -0.4 is 5.32 Å². The fraction of sp³-hybridized carbons (Fsp3) is 0.647. The Hall–Kier alpha value is -0.860. The summed E-state index contributed by atoms with van der Waals surface area (Å²) < 4.78 is 0. The van der Waals surface area contributed by atoms with Crippen LogP contribution in [0, 0.1) is 17.3 Å². The molecular weight excluding hydrogens is 232 g/mol. The maximum atomic E-state index is 3.67. The van der Waals surface area contributed by atoms with Crippen LogP contribution in [0.15, 0.2) is 30.3 Å². The van der Waals surface area contributed by atoms with Crippen LogP contribution in [0.3, 0.4) is 0 Å². The normalized spacial score (nSPS) is 31.6. The van der Waals surface area contributed by atoms with Gasteiger partial charge < -0.3 is 5.32 Å². The van der Waals surface area contributed by atoms with Crippen LogP contribution >= 0.6 is 0 Å². The SMILES string of the molecule is CC(C)C12CNCC(CN(Cc3ccccc3)C1)C2. The first-order valence-corrected chi connectivity index (χ1v) is 7.65. The smallest absolute Gasteiger partial charge is 0.0234 e. The van der Waals surface area contributed by atoms with Crippen molar-refractivity contribution < 1.29 is 0 Å². The van der Waals surface area contributed by atoms with E-state index in [1.165, 1.54) is 38.2 Å². The average molecular weight is 258 g/mol.